The van der Waals surface area contributed by atoms with Gasteiger partial charge in [0.25, 0.3) is 0 Å². The predicted octanol–water partition coefficient (Wildman–Crippen LogP) is 6.41. The van der Waals surface area contributed by atoms with Crippen molar-refractivity contribution in [2.45, 2.75) is 61.8 Å². The van der Waals surface area contributed by atoms with Crippen molar-refractivity contribution in [1.82, 2.24) is 0 Å². The summed E-state index contributed by atoms with van der Waals surface area (Å²) in [6.07, 6.45) is 6.53. The second kappa shape index (κ2) is 15.2. The minimum Gasteiger partial charge on any atom is -0.462 e. The third kappa shape index (κ3) is 10.1. The fourth-order valence-electron chi connectivity index (χ4n) is 3.88. The van der Waals surface area contributed by atoms with Crippen molar-refractivity contribution in [1.29, 1.82) is 0 Å². The zero-order valence-corrected chi connectivity index (χ0v) is 29.8. The maximum absolute atomic E-state index is 11.5. The normalized spacial score (nSPS) is 26.3. The van der Waals surface area contributed by atoms with Crippen LogP contribution >= 0.6 is 63.7 Å². The molecule has 0 heterocycles. The lowest BCUT2D eigenvalue weighted by molar-refractivity contribution is -0.140. The number of carbonyl (C=O) groups excluding carboxylic acids is 2. The van der Waals surface area contributed by atoms with Crippen LogP contribution in [0.4, 0.5) is 0 Å². The van der Waals surface area contributed by atoms with E-state index in [1.54, 1.807) is 26.0 Å². The van der Waals surface area contributed by atoms with E-state index in [9.17, 15) is 19.8 Å². The van der Waals surface area contributed by atoms with E-state index in [-0.39, 0.29) is 26.4 Å². The first-order valence-electron chi connectivity index (χ1n) is 12.8. The number of alkyl halides is 2. The molecule has 0 aliphatic heterocycles. The van der Waals surface area contributed by atoms with E-state index >= 15 is 0 Å². The second-order valence-electron chi connectivity index (χ2n) is 10.4. The van der Waals surface area contributed by atoms with Gasteiger partial charge in [0, 0.05) is 38.4 Å². The van der Waals surface area contributed by atoms with Crippen molar-refractivity contribution < 1.29 is 38.7 Å². The van der Waals surface area contributed by atoms with Crippen LogP contribution in [0, 0.1) is 5.41 Å². The third-order valence-corrected chi connectivity index (χ3v) is 8.87. The van der Waals surface area contributed by atoms with Gasteiger partial charge < -0.3 is 29.2 Å². The Labute approximate surface area is 275 Å². The molecule has 0 aromatic heterocycles. The lowest BCUT2D eigenvalue weighted by atomic mass is 9.73. The summed E-state index contributed by atoms with van der Waals surface area (Å²) in [6.45, 7) is 15.0. The Kier molecular flexibility index (Phi) is 13.5. The van der Waals surface area contributed by atoms with Gasteiger partial charge in [-0.25, -0.2) is 9.59 Å². The van der Waals surface area contributed by atoms with Crippen LogP contribution in [0.1, 0.15) is 40.5 Å². The molecule has 0 aromatic carbocycles. The van der Waals surface area contributed by atoms with Gasteiger partial charge in [-0.3, -0.25) is 0 Å². The topological polar surface area (TPSA) is 112 Å². The molecule has 0 spiro atoms. The van der Waals surface area contributed by atoms with E-state index in [1.807, 2.05) is 26.0 Å². The van der Waals surface area contributed by atoms with Gasteiger partial charge in [0.05, 0.1) is 26.4 Å². The minimum atomic E-state index is -1.53. The van der Waals surface area contributed by atoms with Crippen molar-refractivity contribution >= 4 is 75.7 Å². The Bertz CT molecular complexity index is 1080. The van der Waals surface area contributed by atoms with Crippen molar-refractivity contribution in [2.75, 3.05) is 26.4 Å². The largest absolute Gasteiger partial charge is 0.462 e. The molecule has 2 aliphatic carbocycles. The minimum absolute atomic E-state index is 0.173. The number of halogens is 4. The summed E-state index contributed by atoms with van der Waals surface area (Å²) in [7, 11) is 0. The van der Waals surface area contributed by atoms with Crippen molar-refractivity contribution in [3.05, 3.63) is 68.7 Å². The van der Waals surface area contributed by atoms with Crippen LogP contribution in [-0.4, -0.2) is 69.8 Å². The molecule has 2 rings (SSSR count). The lowest BCUT2D eigenvalue weighted by Crippen LogP contribution is -2.42. The molecule has 41 heavy (non-hydrogen) atoms. The molecular weight excluding hydrogens is 796 g/mol. The number of esters is 2. The van der Waals surface area contributed by atoms with E-state index in [4.69, 9.17) is 18.9 Å². The summed E-state index contributed by atoms with van der Waals surface area (Å²) in [5.41, 5.74) is 1.53. The highest BCUT2D eigenvalue weighted by Gasteiger charge is 2.44. The van der Waals surface area contributed by atoms with E-state index < -0.39 is 38.6 Å². The summed E-state index contributed by atoms with van der Waals surface area (Å²) in [5, 5.41) is 22.5. The first kappa shape index (κ1) is 36.3. The average molecular weight is 832 g/mol. The highest BCUT2D eigenvalue weighted by molar-refractivity contribution is 9.12. The summed E-state index contributed by atoms with van der Waals surface area (Å²) in [5.74, 6) is -0.911. The Morgan fingerprint density at radius 3 is 1.44 bits per heavy atom. The first-order chi connectivity index (χ1) is 18.9. The predicted molar refractivity (Wildman–Crippen MR) is 172 cm³/mol. The monoisotopic (exact) mass is 828 g/mol. The number of rotatable bonds is 14. The fraction of sp³-hybridized carbons (Fsp3) is 0.517. The summed E-state index contributed by atoms with van der Waals surface area (Å²) in [6, 6.07) is 0. The van der Waals surface area contributed by atoms with E-state index in [1.165, 1.54) is 0 Å². The second-order valence-corrected chi connectivity index (χ2v) is 14.8. The summed E-state index contributed by atoms with van der Waals surface area (Å²) >= 11 is 13.9. The molecule has 228 valence electrons. The molecular formula is C29H36Br4O8. The number of hydrogen-bond donors (Lipinski definition) is 2. The van der Waals surface area contributed by atoms with Gasteiger partial charge in [0.1, 0.15) is 12.2 Å². The summed E-state index contributed by atoms with van der Waals surface area (Å²) < 4.78 is 20.1. The molecule has 2 N–H and O–H groups in total. The van der Waals surface area contributed by atoms with Crippen LogP contribution in [0.2, 0.25) is 0 Å². The zero-order valence-electron chi connectivity index (χ0n) is 23.5. The number of hydrogen-bond acceptors (Lipinski definition) is 8. The van der Waals surface area contributed by atoms with Crippen molar-refractivity contribution in [2.24, 2.45) is 5.41 Å². The molecule has 0 fully saturated rings. The molecule has 2 aliphatic rings. The van der Waals surface area contributed by atoms with Crippen LogP contribution in [0.15, 0.2) is 68.7 Å². The first-order valence-corrected chi connectivity index (χ1v) is 16.0. The number of carbonyl (C=O) groups is 2. The van der Waals surface area contributed by atoms with Crippen molar-refractivity contribution in [3.8, 4) is 0 Å². The van der Waals surface area contributed by atoms with E-state index in [2.05, 4.69) is 76.9 Å². The standard InChI is InChI=1S/C29H36Br4O8/c1-17(2)25(34)40-11-7-9-38-23-21(30)13-19(15-28(23,32)36)27(5,6)20-14-22(31)24(29(33,37)16-20)39-10-8-12-41-26(35)18(3)4/h13-16,23-24,36-37H,1,3,7-12H2,2,4-6H3. The molecule has 12 heteroatoms. The SMILES string of the molecule is C=C(C)C(=O)OCCCOC1C(Br)=CC(C(C)(C)C2=CC(O)(Br)C(OCCCOC(=O)C(=C)C)C(Br)=C2)=CC1(O)Br. The van der Waals surface area contributed by atoms with E-state index in [0.717, 1.165) is 11.1 Å². The van der Waals surface area contributed by atoms with Gasteiger partial charge in [-0.2, -0.15) is 0 Å². The van der Waals surface area contributed by atoms with E-state index in [0.29, 0.717) is 33.0 Å². The fourth-order valence-corrected chi connectivity index (χ4v) is 7.20. The molecule has 0 saturated heterocycles. The highest BCUT2D eigenvalue weighted by atomic mass is 79.9. The van der Waals surface area contributed by atoms with Gasteiger partial charge >= 0.3 is 11.9 Å². The van der Waals surface area contributed by atoms with Crippen LogP contribution in [0.5, 0.6) is 0 Å². The molecule has 4 atom stereocenters. The maximum atomic E-state index is 11.5. The molecule has 0 aromatic rings. The Morgan fingerprint density at radius 1 is 0.805 bits per heavy atom. The highest BCUT2D eigenvalue weighted by Crippen LogP contribution is 2.49. The molecule has 0 amide bonds. The lowest BCUT2D eigenvalue weighted by Gasteiger charge is -2.40. The van der Waals surface area contributed by atoms with Gasteiger partial charge in [-0.05, 0) is 81.2 Å². The average Bonchev–Trinajstić information content (AvgIpc) is 2.84. The van der Waals surface area contributed by atoms with Crippen LogP contribution in [0.3, 0.4) is 0 Å². The molecule has 8 nitrogen and oxygen atoms in total. The molecule has 4 unspecified atom stereocenters. The Hall–Kier alpha value is -0.860. The summed E-state index contributed by atoms with van der Waals surface area (Å²) in [4.78, 5) is 23.0. The zero-order chi connectivity index (χ0) is 31.2. The van der Waals surface area contributed by atoms with Crippen LogP contribution in [-0.2, 0) is 28.5 Å². The number of aliphatic hydroxyl groups is 2. The number of allylic oxidation sites excluding steroid dienone is 4. The molecule has 0 bridgehead atoms. The van der Waals surface area contributed by atoms with Gasteiger partial charge in [-0.1, -0.05) is 58.9 Å². The van der Waals surface area contributed by atoms with Crippen LogP contribution < -0.4 is 0 Å². The van der Waals surface area contributed by atoms with Crippen LogP contribution in [0.25, 0.3) is 0 Å². The molecule has 0 saturated carbocycles. The smallest absolute Gasteiger partial charge is 0.333 e. The Balaban J connectivity index is 2.07. The third-order valence-electron chi connectivity index (χ3n) is 6.29. The maximum Gasteiger partial charge on any atom is 0.333 e. The number of ether oxygens (including phenoxy) is 4. The van der Waals surface area contributed by atoms with Gasteiger partial charge in [0.15, 0.2) is 9.02 Å². The Morgan fingerprint density at radius 2 is 1.15 bits per heavy atom. The molecule has 0 radical (unpaired) electrons. The van der Waals surface area contributed by atoms with Gasteiger partial charge in [0.2, 0.25) is 0 Å². The van der Waals surface area contributed by atoms with Crippen molar-refractivity contribution in [3.63, 3.8) is 0 Å². The van der Waals surface area contributed by atoms with Gasteiger partial charge in [-0.15, -0.1) is 0 Å². The quantitative estimate of drug-likeness (QED) is 0.0896.